The fraction of sp³-hybridized carbons (Fsp3) is 0.214. The summed E-state index contributed by atoms with van der Waals surface area (Å²) < 4.78 is 0. The van der Waals surface area contributed by atoms with Crippen LogP contribution in [-0.2, 0) is 6.42 Å². The minimum atomic E-state index is -0.211. The summed E-state index contributed by atoms with van der Waals surface area (Å²) in [7, 11) is 0. The highest BCUT2D eigenvalue weighted by Gasteiger charge is 2.13. The Hall–Kier alpha value is -1.59. The van der Waals surface area contributed by atoms with E-state index in [1.165, 1.54) is 11.8 Å². The first-order valence-corrected chi connectivity index (χ1v) is 7.71. The van der Waals surface area contributed by atoms with Crippen LogP contribution in [0.2, 0.25) is 5.02 Å². The summed E-state index contributed by atoms with van der Waals surface area (Å²) >= 11 is 7.27. The van der Waals surface area contributed by atoms with E-state index < -0.39 is 0 Å². The number of nitrogens with zero attached hydrogens (tertiary/aromatic N) is 2. The first kappa shape index (κ1) is 14.8. The Bertz CT molecular complexity index is 616. The van der Waals surface area contributed by atoms with Gasteiger partial charge in [0.15, 0.2) is 5.16 Å². The quantitative estimate of drug-likeness (QED) is 0.691. The van der Waals surface area contributed by atoms with Crippen LogP contribution in [0.5, 0.6) is 0 Å². The number of hydrogen-bond acceptors (Lipinski definition) is 4. The third kappa shape index (κ3) is 3.49. The van der Waals surface area contributed by atoms with E-state index in [1.807, 2.05) is 13.2 Å². The van der Waals surface area contributed by atoms with E-state index in [1.54, 1.807) is 30.5 Å². The molecule has 0 spiro atoms. The summed E-state index contributed by atoms with van der Waals surface area (Å²) in [6, 6.07) is 6.96. The molecule has 0 bridgehead atoms. The second-order valence-electron chi connectivity index (χ2n) is 4.03. The van der Waals surface area contributed by atoms with Crippen molar-refractivity contribution in [3.63, 3.8) is 0 Å². The van der Waals surface area contributed by atoms with E-state index in [2.05, 4.69) is 15.3 Å². The van der Waals surface area contributed by atoms with Gasteiger partial charge in [0.2, 0.25) is 0 Å². The average molecular weight is 308 g/mol. The lowest BCUT2D eigenvalue weighted by atomic mass is 10.1. The van der Waals surface area contributed by atoms with Gasteiger partial charge < -0.3 is 5.32 Å². The van der Waals surface area contributed by atoms with E-state index in [4.69, 9.17) is 11.6 Å². The zero-order chi connectivity index (χ0) is 14.5. The van der Waals surface area contributed by atoms with E-state index >= 15 is 0 Å². The standard InChI is InChI=1S/C14H14ClN3OS/c1-3-12-11(8-16-14(18-12)20-2)13(19)17-10-6-4-9(15)5-7-10/h4-8H,3H2,1-2H3,(H,17,19). The minimum absolute atomic E-state index is 0.211. The molecule has 4 nitrogen and oxygen atoms in total. The molecule has 0 aliphatic rings. The van der Waals surface area contributed by atoms with Gasteiger partial charge >= 0.3 is 0 Å². The molecule has 0 aliphatic carbocycles. The number of aromatic nitrogens is 2. The zero-order valence-corrected chi connectivity index (χ0v) is 12.8. The van der Waals surface area contributed by atoms with Crippen molar-refractivity contribution >= 4 is 35.0 Å². The Kier molecular flexibility index (Phi) is 4.98. The summed E-state index contributed by atoms with van der Waals surface area (Å²) in [6.45, 7) is 1.96. The number of halogens is 1. The van der Waals surface area contributed by atoms with E-state index in [0.717, 1.165) is 5.69 Å². The summed E-state index contributed by atoms with van der Waals surface area (Å²) in [5.74, 6) is -0.211. The SMILES string of the molecule is CCc1nc(SC)ncc1C(=O)Nc1ccc(Cl)cc1. The molecule has 1 aromatic carbocycles. The molecule has 6 heteroatoms. The summed E-state index contributed by atoms with van der Waals surface area (Å²) in [5.41, 5.74) is 1.94. The molecule has 0 saturated heterocycles. The molecule has 0 radical (unpaired) electrons. The van der Waals surface area contributed by atoms with Gasteiger partial charge in [-0.3, -0.25) is 4.79 Å². The van der Waals surface area contributed by atoms with Gasteiger partial charge in [0.25, 0.3) is 5.91 Å². The molecule has 2 aromatic rings. The molecule has 2 rings (SSSR count). The normalized spacial score (nSPS) is 10.3. The van der Waals surface area contributed by atoms with Crippen molar-refractivity contribution in [3.05, 3.63) is 46.7 Å². The average Bonchev–Trinajstić information content (AvgIpc) is 2.48. The van der Waals surface area contributed by atoms with Crippen molar-refractivity contribution in [1.29, 1.82) is 0 Å². The number of carbonyl (C=O) groups is 1. The maximum absolute atomic E-state index is 12.2. The Morgan fingerprint density at radius 2 is 2.05 bits per heavy atom. The fourth-order valence-electron chi connectivity index (χ4n) is 1.69. The van der Waals surface area contributed by atoms with Crippen molar-refractivity contribution in [2.45, 2.75) is 18.5 Å². The number of nitrogens with one attached hydrogen (secondary N) is 1. The molecule has 1 aromatic heterocycles. The van der Waals surface area contributed by atoms with Crippen LogP contribution in [0.15, 0.2) is 35.6 Å². The lowest BCUT2D eigenvalue weighted by Crippen LogP contribution is -2.16. The number of rotatable bonds is 4. The third-order valence-corrected chi connectivity index (χ3v) is 3.52. The minimum Gasteiger partial charge on any atom is -0.322 e. The molecule has 0 unspecified atom stereocenters. The maximum atomic E-state index is 12.2. The second kappa shape index (κ2) is 6.72. The lowest BCUT2D eigenvalue weighted by Gasteiger charge is -2.09. The second-order valence-corrected chi connectivity index (χ2v) is 5.24. The maximum Gasteiger partial charge on any atom is 0.259 e. The molecule has 0 atom stereocenters. The van der Waals surface area contributed by atoms with Crippen molar-refractivity contribution in [2.24, 2.45) is 0 Å². The molecule has 0 aliphatic heterocycles. The highest BCUT2D eigenvalue weighted by Crippen LogP contribution is 2.17. The van der Waals surface area contributed by atoms with E-state index in [9.17, 15) is 4.79 Å². The van der Waals surface area contributed by atoms with Crippen LogP contribution in [0.1, 0.15) is 23.0 Å². The van der Waals surface area contributed by atoms with Crippen molar-refractivity contribution in [1.82, 2.24) is 9.97 Å². The van der Waals surface area contributed by atoms with Crippen LogP contribution in [-0.4, -0.2) is 22.1 Å². The van der Waals surface area contributed by atoms with Gasteiger partial charge in [-0.25, -0.2) is 9.97 Å². The van der Waals surface area contributed by atoms with Gasteiger partial charge in [-0.1, -0.05) is 30.3 Å². The number of aryl methyl sites for hydroxylation is 1. The van der Waals surface area contributed by atoms with Crippen LogP contribution in [0.4, 0.5) is 5.69 Å². The zero-order valence-electron chi connectivity index (χ0n) is 11.2. The summed E-state index contributed by atoms with van der Waals surface area (Å²) in [5, 5.41) is 4.11. The molecular formula is C14H14ClN3OS. The monoisotopic (exact) mass is 307 g/mol. The highest BCUT2D eigenvalue weighted by atomic mass is 35.5. The molecule has 1 amide bonds. The van der Waals surface area contributed by atoms with Gasteiger partial charge in [-0.2, -0.15) is 0 Å². The first-order chi connectivity index (χ1) is 9.63. The smallest absolute Gasteiger partial charge is 0.259 e. The molecule has 104 valence electrons. The number of anilines is 1. The Morgan fingerprint density at radius 1 is 1.35 bits per heavy atom. The highest BCUT2D eigenvalue weighted by molar-refractivity contribution is 7.98. The van der Waals surface area contributed by atoms with Crippen molar-refractivity contribution in [3.8, 4) is 0 Å². The van der Waals surface area contributed by atoms with Gasteiger partial charge in [-0.05, 0) is 36.9 Å². The molecule has 0 saturated carbocycles. The van der Waals surface area contributed by atoms with Crippen LogP contribution in [0, 0.1) is 0 Å². The van der Waals surface area contributed by atoms with Gasteiger partial charge in [0, 0.05) is 16.9 Å². The number of benzene rings is 1. The predicted octanol–water partition coefficient (Wildman–Crippen LogP) is 3.67. The number of thioether (sulfide) groups is 1. The van der Waals surface area contributed by atoms with Crippen LogP contribution in [0.25, 0.3) is 0 Å². The van der Waals surface area contributed by atoms with Crippen molar-refractivity contribution < 1.29 is 4.79 Å². The predicted molar refractivity (Wildman–Crippen MR) is 82.6 cm³/mol. The van der Waals surface area contributed by atoms with E-state index in [0.29, 0.717) is 27.9 Å². The number of amides is 1. The van der Waals surface area contributed by atoms with Crippen molar-refractivity contribution in [2.75, 3.05) is 11.6 Å². The molecule has 20 heavy (non-hydrogen) atoms. The summed E-state index contributed by atoms with van der Waals surface area (Å²) in [4.78, 5) is 20.8. The first-order valence-electron chi connectivity index (χ1n) is 6.11. The largest absolute Gasteiger partial charge is 0.322 e. The third-order valence-electron chi connectivity index (χ3n) is 2.71. The van der Waals surface area contributed by atoms with Crippen LogP contribution >= 0.6 is 23.4 Å². The Balaban J connectivity index is 2.22. The summed E-state index contributed by atoms with van der Waals surface area (Å²) in [6.07, 6.45) is 4.16. The number of carbonyl (C=O) groups excluding carboxylic acids is 1. The van der Waals surface area contributed by atoms with Gasteiger partial charge in [-0.15, -0.1) is 0 Å². The van der Waals surface area contributed by atoms with Crippen LogP contribution in [0.3, 0.4) is 0 Å². The van der Waals surface area contributed by atoms with Gasteiger partial charge in [0.05, 0.1) is 11.3 Å². The molecule has 1 heterocycles. The fourth-order valence-corrected chi connectivity index (χ4v) is 2.17. The van der Waals surface area contributed by atoms with Crippen LogP contribution < -0.4 is 5.32 Å². The molecule has 1 N–H and O–H groups in total. The molecular weight excluding hydrogens is 294 g/mol. The Morgan fingerprint density at radius 3 is 2.65 bits per heavy atom. The van der Waals surface area contributed by atoms with Gasteiger partial charge in [0.1, 0.15) is 0 Å². The topological polar surface area (TPSA) is 54.9 Å². The number of hydrogen-bond donors (Lipinski definition) is 1. The molecule has 0 fully saturated rings. The lowest BCUT2D eigenvalue weighted by molar-refractivity contribution is 0.102. The van der Waals surface area contributed by atoms with E-state index in [-0.39, 0.29) is 5.91 Å². The Labute approximate surface area is 127 Å².